The van der Waals surface area contributed by atoms with Gasteiger partial charge in [-0.15, -0.1) is 0 Å². The number of rotatable bonds is 8. The molecule has 3 rings (SSSR count). The summed E-state index contributed by atoms with van der Waals surface area (Å²) in [5, 5.41) is 2.95. The van der Waals surface area contributed by atoms with Crippen LogP contribution in [0.3, 0.4) is 0 Å². The maximum atomic E-state index is 12.7. The van der Waals surface area contributed by atoms with Gasteiger partial charge in [-0.2, -0.15) is 0 Å². The predicted octanol–water partition coefficient (Wildman–Crippen LogP) is 5.51. The maximum absolute atomic E-state index is 12.7. The van der Waals surface area contributed by atoms with E-state index in [1.54, 1.807) is 32.4 Å². The number of benzene rings is 3. The molecule has 5 nitrogen and oxygen atoms in total. The minimum atomic E-state index is -0.172. The van der Waals surface area contributed by atoms with Crippen molar-refractivity contribution in [2.24, 2.45) is 0 Å². The lowest BCUT2D eigenvalue weighted by Crippen LogP contribution is -2.23. The van der Waals surface area contributed by atoms with Crippen molar-refractivity contribution in [3.63, 3.8) is 0 Å². The Morgan fingerprint density at radius 1 is 0.844 bits per heavy atom. The highest BCUT2D eigenvalue weighted by Gasteiger charge is 2.14. The molecule has 5 heteroatoms. The second-order valence-corrected chi connectivity index (χ2v) is 8.58. The molecule has 0 heterocycles. The molecule has 0 atom stereocenters. The lowest BCUT2D eigenvalue weighted by atomic mass is 9.87. The normalized spacial score (nSPS) is 11.0. The topological polar surface area (TPSA) is 56.8 Å². The molecule has 0 aliphatic heterocycles. The number of amides is 1. The molecule has 0 saturated heterocycles. The number of carbonyl (C=O) groups is 1. The van der Waals surface area contributed by atoms with E-state index in [4.69, 9.17) is 14.2 Å². The summed E-state index contributed by atoms with van der Waals surface area (Å²) in [6.45, 7) is 7.21. The van der Waals surface area contributed by atoms with Crippen molar-refractivity contribution < 1.29 is 19.0 Å². The van der Waals surface area contributed by atoms with Crippen molar-refractivity contribution in [1.82, 2.24) is 5.32 Å². The molecule has 3 aromatic rings. The Bertz CT molecular complexity index is 1050. The largest absolute Gasteiger partial charge is 0.496 e. The molecular formula is C27H31NO4. The first-order chi connectivity index (χ1) is 15.3. The zero-order valence-corrected chi connectivity index (χ0v) is 19.4. The van der Waals surface area contributed by atoms with Gasteiger partial charge in [0.25, 0.3) is 5.91 Å². The molecule has 0 unspecified atom stereocenters. The Morgan fingerprint density at radius 2 is 1.50 bits per heavy atom. The third-order valence-corrected chi connectivity index (χ3v) is 5.29. The molecule has 0 saturated carbocycles. The van der Waals surface area contributed by atoms with E-state index >= 15 is 0 Å². The zero-order chi connectivity index (χ0) is 23.1. The van der Waals surface area contributed by atoms with Crippen LogP contribution in [-0.2, 0) is 18.6 Å². The molecule has 3 aromatic carbocycles. The molecular weight excluding hydrogens is 402 g/mol. The summed E-state index contributed by atoms with van der Waals surface area (Å²) >= 11 is 0. The first-order valence-corrected chi connectivity index (χ1v) is 10.6. The predicted molar refractivity (Wildman–Crippen MR) is 127 cm³/mol. The Balaban J connectivity index is 1.68. The highest BCUT2D eigenvalue weighted by molar-refractivity contribution is 5.94. The average molecular weight is 434 g/mol. The Kier molecular flexibility index (Phi) is 7.41. The molecule has 0 bridgehead atoms. The number of methoxy groups -OCH3 is 2. The summed E-state index contributed by atoms with van der Waals surface area (Å²) in [4.78, 5) is 12.7. The highest BCUT2D eigenvalue weighted by atomic mass is 16.5. The summed E-state index contributed by atoms with van der Waals surface area (Å²) < 4.78 is 16.8. The first-order valence-electron chi connectivity index (χ1n) is 10.6. The molecule has 0 spiro atoms. The van der Waals surface area contributed by atoms with Crippen LogP contribution in [0.15, 0.2) is 66.7 Å². The van der Waals surface area contributed by atoms with Gasteiger partial charge in [0, 0.05) is 23.2 Å². The van der Waals surface area contributed by atoms with Crippen LogP contribution in [-0.4, -0.2) is 20.1 Å². The number of para-hydroxylation sites is 1. The van der Waals surface area contributed by atoms with Crippen LogP contribution < -0.4 is 19.5 Å². The van der Waals surface area contributed by atoms with Gasteiger partial charge in [0.05, 0.1) is 14.2 Å². The van der Waals surface area contributed by atoms with E-state index < -0.39 is 0 Å². The number of nitrogens with one attached hydrogen (secondary N) is 1. The molecule has 168 valence electrons. The third kappa shape index (κ3) is 5.82. The van der Waals surface area contributed by atoms with Crippen LogP contribution in [0.5, 0.6) is 17.2 Å². The summed E-state index contributed by atoms with van der Waals surface area (Å²) in [6, 6.07) is 21.1. The monoisotopic (exact) mass is 433 g/mol. The Labute approximate surface area is 190 Å². The van der Waals surface area contributed by atoms with Crippen LogP contribution >= 0.6 is 0 Å². The summed E-state index contributed by atoms with van der Waals surface area (Å²) in [6.07, 6.45) is 0. The van der Waals surface area contributed by atoms with Gasteiger partial charge in [-0.05, 0) is 47.4 Å². The lowest BCUT2D eigenvalue weighted by Gasteiger charge is -2.19. The van der Waals surface area contributed by atoms with E-state index in [0.29, 0.717) is 24.5 Å². The molecule has 32 heavy (non-hydrogen) atoms. The number of ether oxygens (including phenoxy) is 3. The van der Waals surface area contributed by atoms with Gasteiger partial charge in [0.1, 0.15) is 23.9 Å². The van der Waals surface area contributed by atoms with E-state index in [1.807, 2.05) is 36.4 Å². The third-order valence-electron chi connectivity index (χ3n) is 5.29. The maximum Gasteiger partial charge on any atom is 0.251 e. The van der Waals surface area contributed by atoms with Gasteiger partial charge in [0.15, 0.2) is 0 Å². The number of carbonyl (C=O) groups excluding carboxylic acids is 1. The number of hydrogen-bond acceptors (Lipinski definition) is 4. The average Bonchev–Trinajstić information content (AvgIpc) is 2.80. The van der Waals surface area contributed by atoms with Crippen molar-refractivity contribution in [3.8, 4) is 17.2 Å². The SMILES string of the molecule is COc1ccccc1CNC(=O)c1ccc(OC)c(COc2ccc(C(C)(C)C)cc2)c1. The van der Waals surface area contributed by atoms with E-state index in [9.17, 15) is 4.79 Å². The lowest BCUT2D eigenvalue weighted by molar-refractivity contribution is 0.0950. The minimum Gasteiger partial charge on any atom is -0.496 e. The van der Waals surface area contributed by atoms with Gasteiger partial charge in [0.2, 0.25) is 0 Å². The quantitative estimate of drug-likeness (QED) is 0.509. The highest BCUT2D eigenvalue weighted by Crippen LogP contribution is 2.26. The van der Waals surface area contributed by atoms with Crippen molar-refractivity contribution in [1.29, 1.82) is 0 Å². The molecule has 0 aliphatic carbocycles. The summed E-state index contributed by atoms with van der Waals surface area (Å²) in [5.41, 5.74) is 3.60. The fourth-order valence-corrected chi connectivity index (χ4v) is 3.37. The fourth-order valence-electron chi connectivity index (χ4n) is 3.37. The van der Waals surface area contributed by atoms with E-state index in [0.717, 1.165) is 22.6 Å². The second kappa shape index (κ2) is 10.2. The second-order valence-electron chi connectivity index (χ2n) is 8.58. The van der Waals surface area contributed by atoms with Crippen LogP contribution in [0.1, 0.15) is 47.8 Å². The van der Waals surface area contributed by atoms with Crippen molar-refractivity contribution in [3.05, 3.63) is 89.0 Å². The van der Waals surface area contributed by atoms with Gasteiger partial charge in [-0.3, -0.25) is 4.79 Å². The molecule has 1 N–H and O–H groups in total. The molecule has 1 amide bonds. The van der Waals surface area contributed by atoms with Gasteiger partial charge >= 0.3 is 0 Å². The number of hydrogen-bond donors (Lipinski definition) is 1. The van der Waals surface area contributed by atoms with Crippen molar-refractivity contribution in [2.45, 2.75) is 39.3 Å². The summed E-state index contributed by atoms with van der Waals surface area (Å²) in [5.74, 6) is 2.02. The molecule has 0 aliphatic rings. The van der Waals surface area contributed by atoms with Crippen LogP contribution in [0.25, 0.3) is 0 Å². The van der Waals surface area contributed by atoms with E-state index in [-0.39, 0.29) is 11.3 Å². The van der Waals surface area contributed by atoms with E-state index in [2.05, 4.69) is 38.2 Å². The smallest absolute Gasteiger partial charge is 0.251 e. The first kappa shape index (κ1) is 23.2. The minimum absolute atomic E-state index is 0.0905. The summed E-state index contributed by atoms with van der Waals surface area (Å²) in [7, 11) is 3.23. The van der Waals surface area contributed by atoms with Gasteiger partial charge in [-0.1, -0.05) is 51.1 Å². The Morgan fingerprint density at radius 3 is 2.16 bits per heavy atom. The Hall–Kier alpha value is -3.47. The van der Waals surface area contributed by atoms with Crippen LogP contribution in [0, 0.1) is 0 Å². The van der Waals surface area contributed by atoms with Crippen molar-refractivity contribution >= 4 is 5.91 Å². The van der Waals surface area contributed by atoms with Crippen LogP contribution in [0.4, 0.5) is 0 Å². The van der Waals surface area contributed by atoms with Crippen LogP contribution in [0.2, 0.25) is 0 Å². The van der Waals surface area contributed by atoms with Crippen molar-refractivity contribution in [2.75, 3.05) is 14.2 Å². The molecule has 0 aromatic heterocycles. The van der Waals surface area contributed by atoms with Gasteiger partial charge < -0.3 is 19.5 Å². The molecule has 0 fully saturated rings. The molecule has 0 radical (unpaired) electrons. The van der Waals surface area contributed by atoms with E-state index in [1.165, 1.54) is 5.56 Å². The standard InChI is InChI=1S/C27H31NO4/c1-27(2,3)22-11-13-23(14-12-22)32-18-21-16-19(10-15-25(21)31-5)26(29)28-17-20-8-6-7-9-24(20)30-4/h6-16H,17-18H2,1-5H3,(H,28,29). The van der Waals surface area contributed by atoms with Gasteiger partial charge in [-0.25, -0.2) is 0 Å². The zero-order valence-electron chi connectivity index (χ0n) is 19.4. The fraction of sp³-hybridized carbons (Fsp3) is 0.296.